The van der Waals surface area contributed by atoms with Gasteiger partial charge in [0.15, 0.2) is 0 Å². The van der Waals surface area contributed by atoms with Crippen LogP contribution >= 0.6 is 0 Å². The van der Waals surface area contributed by atoms with Gasteiger partial charge in [-0.3, -0.25) is 9.59 Å². The smallest absolute Gasteiger partial charge is 0.242 e. The van der Waals surface area contributed by atoms with Gasteiger partial charge in [0, 0.05) is 18.5 Å². The number of rotatable bonds is 6. The third-order valence-corrected chi connectivity index (χ3v) is 4.16. The van der Waals surface area contributed by atoms with Crippen molar-refractivity contribution in [3.05, 3.63) is 0 Å². The van der Waals surface area contributed by atoms with Gasteiger partial charge < -0.3 is 10.2 Å². The Bertz CT molecular complexity index is 320. The molecule has 0 unspecified atom stereocenters. The van der Waals surface area contributed by atoms with Crippen LogP contribution < -0.4 is 5.32 Å². The molecule has 0 aromatic rings. The Labute approximate surface area is 115 Å². The van der Waals surface area contributed by atoms with Gasteiger partial charge in [0.2, 0.25) is 11.8 Å². The van der Waals surface area contributed by atoms with Crippen molar-refractivity contribution in [2.45, 2.75) is 64.3 Å². The maximum atomic E-state index is 12.3. The molecular weight excluding hydrogens is 240 g/mol. The summed E-state index contributed by atoms with van der Waals surface area (Å²) < 4.78 is 0. The Morgan fingerprint density at radius 3 is 2.37 bits per heavy atom. The first-order valence-electron chi connectivity index (χ1n) is 7.79. The fourth-order valence-electron chi connectivity index (χ4n) is 2.90. The Hall–Kier alpha value is -1.06. The molecule has 2 rings (SSSR count). The van der Waals surface area contributed by atoms with E-state index in [0.717, 1.165) is 38.6 Å². The van der Waals surface area contributed by atoms with Gasteiger partial charge in [-0.15, -0.1) is 0 Å². The summed E-state index contributed by atoms with van der Waals surface area (Å²) >= 11 is 0. The molecule has 2 saturated carbocycles. The molecule has 0 saturated heterocycles. The highest BCUT2D eigenvalue weighted by atomic mass is 16.2. The molecule has 108 valence electrons. The Morgan fingerprint density at radius 2 is 1.79 bits per heavy atom. The van der Waals surface area contributed by atoms with Crippen molar-refractivity contribution in [1.82, 2.24) is 10.2 Å². The second kappa shape index (κ2) is 6.92. The van der Waals surface area contributed by atoms with Gasteiger partial charge in [-0.05, 0) is 32.1 Å². The number of amides is 2. The summed E-state index contributed by atoms with van der Waals surface area (Å²) in [5.41, 5.74) is 0. The normalized spacial score (nSPS) is 20.1. The van der Waals surface area contributed by atoms with Crippen LogP contribution in [0.2, 0.25) is 0 Å². The predicted molar refractivity (Wildman–Crippen MR) is 74.6 cm³/mol. The van der Waals surface area contributed by atoms with Crippen LogP contribution in [-0.2, 0) is 9.59 Å². The topological polar surface area (TPSA) is 49.4 Å². The summed E-state index contributed by atoms with van der Waals surface area (Å²) in [6.07, 6.45) is 8.97. The minimum absolute atomic E-state index is 0.0634. The van der Waals surface area contributed by atoms with Crippen LogP contribution in [0.1, 0.15) is 58.3 Å². The van der Waals surface area contributed by atoms with Crippen LogP contribution in [0.25, 0.3) is 0 Å². The Balaban J connectivity index is 1.81. The first-order valence-corrected chi connectivity index (χ1v) is 7.79. The summed E-state index contributed by atoms with van der Waals surface area (Å²) in [6.45, 7) is 3.11. The van der Waals surface area contributed by atoms with Crippen molar-refractivity contribution in [1.29, 1.82) is 0 Å². The van der Waals surface area contributed by atoms with E-state index >= 15 is 0 Å². The lowest BCUT2D eigenvalue weighted by atomic mass is 9.94. The zero-order valence-corrected chi connectivity index (χ0v) is 12.0. The van der Waals surface area contributed by atoms with Crippen LogP contribution in [0.3, 0.4) is 0 Å². The molecule has 1 N–H and O–H groups in total. The maximum Gasteiger partial charge on any atom is 0.242 e. The summed E-state index contributed by atoms with van der Waals surface area (Å²) in [5.74, 6) is 0.346. The second-order valence-electron chi connectivity index (χ2n) is 5.87. The number of hydrogen-bond acceptors (Lipinski definition) is 2. The maximum absolute atomic E-state index is 12.3. The van der Waals surface area contributed by atoms with Crippen molar-refractivity contribution in [2.24, 2.45) is 5.92 Å². The molecule has 0 aromatic heterocycles. The first kappa shape index (κ1) is 14.4. The zero-order chi connectivity index (χ0) is 13.7. The van der Waals surface area contributed by atoms with Crippen molar-refractivity contribution in [3.63, 3.8) is 0 Å². The van der Waals surface area contributed by atoms with E-state index < -0.39 is 0 Å². The largest absolute Gasteiger partial charge is 0.347 e. The third kappa shape index (κ3) is 4.22. The highest BCUT2D eigenvalue weighted by Gasteiger charge is 2.30. The molecule has 2 amide bonds. The Kier molecular flexibility index (Phi) is 5.23. The van der Waals surface area contributed by atoms with Crippen molar-refractivity contribution in [2.75, 3.05) is 13.1 Å². The van der Waals surface area contributed by atoms with E-state index in [2.05, 4.69) is 12.2 Å². The molecule has 0 aliphatic heterocycles. The highest BCUT2D eigenvalue weighted by molar-refractivity contribution is 5.87. The van der Waals surface area contributed by atoms with Gasteiger partial charge in [0.25, 0.3) is 0 Å². The third-order valence-electron chi connectivity index (χ3n) is 4.16. The number of nitrogens with zero attached hydrogens (tertiary/aromatic N) is 1. The molecule has 4 heteroatoms. The van der Waals surface area contributed by atoms with Gasteiger partial charge in [0.05, 0.1) is 6.54 Å². The molecule has 2 fully saturated rings. The number of hydrogen-bond donors (Lipinski definition) is 1. The van der Waals surface area contributed by atoms with E-state index in [4.69, 9.17) is 0 Å². The quantitative estimate of drug-likeness (QED) is 0.800. The molecule has 0 heterocycles. The van der Waals surface area contributed by atoms with E-state index in [0.29, 0.717) is 6.04 Å². The fourth-order valence-corrected chi connectivity index (χ4v) is 2.90. The molecule has 2 aliphatic carbocycles. The molecule has 0 bridgehead atoms. The summed E-state index contributed by atoms with van der Waals surface area (Å²) in [7, 11) is 0. The van der Waals surface area contributed by atoms with Crippen LogP contribution in [0.5, 0.6) is 0 Å². The molecule has 4 nitrogen and oxygen atoms in total. The van der Waals surface area contributed by atoms with Crippen molar-refractivity contribution >= 4 is 11.8 Å². The highest BCUT2D eigenvalue weighted by Crippen LogP contribution is 2.28. The molecule has 0 radical (unpaired) electrons. The van der Waals surface area contributed by atoms with Crippen LogP contribution in [-0.4, -0.2) is 35.8 Å². The first-order chi connectivity index (χ1) is 9.22. The van der Waals surface area contributed by atoms with Crippen molar-refractivity contribution in [3.8, 4) is 0 Å². The zero-order valence-electron chi connectivity index (χ0n) is 12.0. The van der Waals surface area contributed by atoms with Gasteiger partial charge in [-0.2, -0.15) is 0 Å². The van der Waals surface area contributed by atoms with E-state index in [9.17, 15) is 9.59 Å². The van der Waals surface area contributed by atoms with E-state index in [1.54, 1.807) is 0 Å². The standard InChI is InChI=1S/C15H26N2O2/c1-2-10-17(13-6-4-3-5-7-13)14(18)11-16-15(19)12-8-9-12/h12-13H,2-11H2,1H3,(H,16,19). The lowest BCUT2D eigenvalue weighted by Crippen LogP contribution is -2.46. The van der Waals surface area contributed by atoms with Gasteiger partial charge >= 0.3 is 0 Å². The average molecular weight is 266 g/mol. The van der Waals surface area contributed by atoms with Crippen LogP contribution in [0.4, 0.5) is 0 Å². The fraction of sp³-hybridized carbons (Fsp3) is 0.867. The average Bonchev–Trinajstić information content (AvgIpc) is 3.27. The summed E-state index contributed by atoms with van der Waals surface area (Å²) in [5, 5.41) is 2.79. The summed E-state index contributed by atoms with van der Waals surface area (Å²) in [6, 6.07) is 0.402. The summed E-state index contributed by atoms with van der Waals surface area (Å²) in [4.78, 5) is 25.9. The lowest BCUT2D eigenvalue weighted by molar-refractivity contribution is -0.135. The lowest BCUT2D eigenvalue weighted by Gasteiger charge is -2.34. The van der Waals surface area contributed by atoms with E-state index in [1.807, 2.05) is 4.90 Å². The van der Waals surface area contributed by atoms with Gasteiger partial charge in [-0.25, -0.2) is 0 Å². The number of nitrogens with one attached hydrogen (secondary N) is 1. The number of carbonyl (C=O) groups excluding carboxylic acids is 2. The SMILES string of the molecule is CCCN(C(=O)CNC(=O)C1CC1)C1CCCCC1. The predicted octanol–water partition coefficient (Wildman–Crippen LogP) is 2.08. The van der Waals surface area contributed by atoms with Crippen LogP contribution in [0.15, 0.2) is 0 Å². The minimum Gasteiger partial charge on any atom is -0.347 e. The van der Waals surface area contributed by atoms with Gasteiger partial charge in [0.1, 0.15) is 0 Å². The van der Waals surface area contributed by atoms with Crippen molar-refractivity contribution < 1.29 is 9.59 Å². The van der Waals surface area contributed by atoms with E-state index in [-0.39, 0.29) is 24.3 Å². The monoisotopic (exact) mass is 266 g/mol. The minimum atomic E-state index is 0.0634. The molecule has 0 aromatic carbocycles. The molecular formula is C15H26N2O2. The molecule has 0 atom stereocenters. The van der Waals surface area contributed by atoms with Crippen LogP contribution in [0, 0.1) is 5.92 Å². The number of carbonyl (C=O) groups is 2. The second-order valence-corrected chi connectivity index (χ2v) is 5.87. The molecule has 19 heavy (non-hydrogen) atoms. The van der Waals surface area contributed by atoms with E-state index in [1.165, 1.54) is 19.3 Å². The Morgan fingerprint density at radius 1 is 1.11 bits per heavy atom. The van der Waals surface area contributed by atoms with Gasteiger partial charge in [-0.1, -0.05) is 26.2 Å². The molecule has 0 spiro atoms. The molecule has 2 aliphatic rings.